The van der Waals surface area contributed by atoms with Gasteiger partial charge in [0.2, 0.25) is 0 Å². The molecule has 10 aromatic carbocycles. The lowest BCUT2D eigenvalue weighted by molar-refractivity contribution is 0.656. The van der Waals surface area contributed by atoms with Crippen LogP contribution in [-0.2, 0) is 23.7 Å². The summed E-state index contributed by atoms with van der Waals surface area (Å²) in [6, 6.07) is 82.1. The molecule has 0 aromatic heterocycles. The fraction of sp³-hybridized carbons (Fsp3) is 0.167. The van der Waals surface area contributed by atoms with Crippen LogP contribution in [0.4, 0.5) is 17.1 Å². The van der Waals surface area contributed by atoms with Gasteiger partial charge in [-0.2, -0.15) is 0 Å². The zero-order valence-corrected chi connectivity index (χ0v) is 42.1. The van der Waals surface area contributed by atoms with Crippen molar-refractivity contribution in [2.45, 2.75) is 76.0 Å². The van der Waals surface area contributed by atoms with Crippen LogP contribution in [0.3, 0.4) is 0 Å². The van der Waals surface area contributed by atoms with Gasteiger partial charge < -0.3 is 4.90 Å². The number of hydrogen-bond donors (Lipinski definition) is 0. The summed E-state index contributed by atoms with van der Waals surface area (Å²) in [5, 5.41) is 0. The third-order valence-corrected chi connectivity index (χ3v) is 18.1. The van der Waals surface area contributed by atoms with Crippen LogP contribution < -0.4 is 4.90 Å². The highest BCUT2D eigenvalue weighted by atomic mass is 15.1. The van der Waals surface area contributed by atoms with Crippen molar-refractivity contribution in [1.29, 1.82) is 0 Å². The second-order valence-corrected chi connectivity index (χ2v) is 22.6. The van der Waals surface area contributed by atoms with Crippen molar-refractivity contribution in [3.8, 4) is 66.8 Å². The van der Waals surface area contributed by atoms with Crippen LogP contribution in [0.2, 0.25) is 0 Å². The molecule has 1 heteroatoms. The number of aryl methyl sites for hydroxylation is 1. The van der Waals surface area contributed by atoms with E-state index in [0.29, 0.717) is 5.92 Å². The summed E-state index contributed by atoms with van der Waals surface area (Å²) in [7, 11) is 0. The van der Waals surface area contributed by atoms with E-state index in [9.17, 15) is 0 Å². The SMILES string of the molecule is CC1(C)c2ccccc2-c2ccc(N3c4ccccc4[C@@H]4CCc5c(cccc53)-c3ccccc3-c3cc(-c5ccc6c(c5)-c5cc7c(cc5C6CCc5ccccc5)C(C)(C)c5ccccc5-7)ccc34)cc21. The first-order valence-electron chi connectivity index (χ1n) is 26.7. The second-order valence-electron chi connectivity index (χ2n) is 22.6. The van der Waals surface area contributed by atoms with Crippen LogP contribution in [0.25, 0.3) is 66.8 Å². The maximum Gasteiger partial charge on any atom is 0.0499 e. The van der Waals surface area contributed by atoms with Gasteiger partial charge in [0.15, 0.2) is 0 Å². The summed E-state index contributed by atoms with van der Waals surface area (Å²) < 4.78 is 0. The van der Waals surface area contributed by atoms with E-state index in [1.807, 2.05) is 0 Å². The van der Waals surface area contributed by atoms with E-state index in [2.05, 4.69) is 245 Å². The van der Waals surface area contributed by atoms with Crippen molar-refractivity contribution in [2.24, 2.45) is 0 Å². The third-order valence-electron chi connectivity index (χ3n) is 18.1. The Morgan fingerprint density at radius 2 is 0.945 bits per heavy atom. The van der Waals surface area contributed by atoms with Gasteiger partial charge in [-0.25, -0.2) is 0 Å². The molecule has 0 N–H and O–H groups in total. The molecule has 3 aliphatic carbocycles. The molecule has 0 fully saturated rings. The van der Waals surface area contributed by atoms with Crippen LogP contribution in [0.5, 0.6) is 0 Å². The molecule has 350 valence electrons. The van der Waals surface area contributed by atoms with E-state index in [1.54, 1.807) is 0 Å². The van der Waals surface area contributed by atoms with Crippen molar-refractivity contribution in [1.82, 2.24) is 0 Å². The molecule has 0 saturated carbocycles. The predicted molar refractivity (Wildman–Crippen MR) is 305 cm³/mol. The van der Waals surface area contributed by atoms with Gasteiger partial charge in [-0.15, -0.1) is 0 Å². The Bertz CT molecular complexity index is 3940. The molecule has 2 aliphatic heterocycles. The Labute approximate surface area is 430 Å². The number of fused-ring (bicyclic) bond motifs is 14. The first-order valence-corrected chi connectivity index (χ1v) is 26.7. The van der Waals surface area contributed by atoms with Crippen LogP contribution in [0, 0.1) is 0 Å². The monoisotopic (exact) mass is 935 g/mol. The zero-order chi connectivity index (χ0) is 48.7. The van der Waals surface area contributed by atoms with E-state index in [0.717, 1.165) is 25.7 Å². The van der Waals surface area contributed by atoms with Crippen LogP contribution in [0.15, 0.2) is 212 Å². The molecular formula is C72H57N. The number of nitrogens with zero attached hydrogens (tertiary/aromatic N) is 1. The Kier molecular flexibility index (Phi) is 9.20. The van der Waals surface area contributed by atoms with Crippen LogP contribution in [0.1, 0.15) is 108 Å². The predicted octanol–water partition coefficient (Wildman–Crippen LogP) is 18.9. The first-order chi connectivity index (χ1) is 35.7. The Morgan fingerprint density at radius 3 is 1.70 bits per heavy atom. The smallest absolute Gasteiger partial charge is 0.0499 e. The molecule has 10 aromatic rings. The minimum atomic E-state index is -0.106. The fourth-order valence-corrected chi connectivity index (χ4v) is 14.5. The Balaban J connectivity index is 0.897. The molecule has 2 heterocycles. The third kappa shape index (κ3) is 6.21. The van der Waals surface area contributed by atoms with Crippen LogP contribution >= 0.6 is 0 Å². The number of rotatable bonds is 5. The lowest BCUT2D eigenvalue weighted by Crippen LogP contribution is -2.20. The maximum absolute atomic E-state index is 2.60. The van der Waals surface area contributed by atoms with Gasteiger partial charge in [0.05, 0.1) is 0 Å². The molecular weight excluding hydrogens is 879 g/mol. The van der Waals surface area contributed by atoms with Gasteiger partial charge in [-0.05, 0) is 191 Å². The summed E-state index contributed by atoms with van der Waals surface area (Å²) in [6.07, 6.45) is 4.11. The second kappa shape index (κ2) is 15.7. The van der Waals surface area contributed by atoms with Gasteiger partial charge in [0.1, 0.15) is 0 Å². The van der Waals surface area contributed by atoms with E-state index < -0.39 is 0 Å². The van der Waals surface area contributed by atoms with Crippen molar-refractivity contribution in [3.05, 3.63) is 268 Å². The average molecular weight is 936 g/mol. The molecule has 15 rings (SSSR count). The van der Waals surface area contributed by atoms with Crippen molar-refractivity contribution >= 4 is 17.1 Å². The normalized spacial score (nSPS) is 17.2. The van der Waals surface area contributed by atoms with Gasteiger partial charge in [0, 0.05) is 39.7 Å². The average Bonchev–Trinajstić information content (AvgIpc) is 3.96. The largest absolute Gasteiger partial charge is 0.310 e. The highest BCUT2D eigenvalue weighted by molar-refractivity contribution is 5.96. The van der Waals surface area contributed by atoms with Gasteiger partial charge in [-0.3, -0.25) is 0 Å². The molecule has 0 spiro atoms. The van der Waals surface area contributed by atoms with Crippen molar-refractivity contribution in [3.63, 3.8) is 0 Å². The summed E-state index contributed by atoms with van der Waals surface area (Å²) in [5.41, 5.74) is 33.9. The zero-order valence-electron chi connectivity index (χ0n) is 42.1. The standard InChI is InChI=1S/C72H57N/c1-71(2)65-25-13-10-21-55(65)57-36-32-47(41-67(57)71)73-69-27-15-12-23-58(69)51-37-38-59-49(24-16-28-70(59)73)48-19-8-9-20-50(48)60-39-45(30-34-53(51)60)46-31-35-54-52(33-29-44-17-6-5-7-18-44)63-43-68-64(42-62(63)61(54)40-46)56-22-11-14-26-66(56)72(68,3)4/h5-28,30-32,34-36,39-43,51-52H,29,33,37-38H2,1-4H3/t51-,52?/m1/s1. The van der Waals surface area contributed by atoms with Gasteiger partial charge >= 0.3 is 0 Å². The van der Waals surface area contributed by atoms with E-state index in [1.165, 1.54) is 139 Å². The first kappa shape index (κ1) is 42.7. The summed E-state index contributed by atoms with van der Waals surface area (Å²) >= 11 is 0. The molecule has 1 nitrogen and oxygen atoms in total. The summed E-state index contributed by atoms with van der Waals surface area (Å²) in [5.74, 6) is 0.506. The lowest BCUT2D eigenvalue weighted by Gasteiger charge is -2.35. The van der Waals surface area contributed by atoms with Gasteiger partial charge in [-0.1, -0.05) is 198 Å². The number of para-hydroxylation sites is 1. The summed E-state index contributed by atoms with van der Waals surface area (Å²) in [6.45, 7) is 9.62. The molecule has 5 aliphatic rings. The topological polar surface area (TPSA) is 3.24 Å². The highest BCUT2D eigenvalue weighted by Gasteiger charge is 2.40. The molecule has 4 bridgehead atoms. The Hall–Kier alpha value is -8.00. The molecule has 73 heavy (non-hydrogen) atoms. The lowest BCUT2D eigenvalue weighted by atomic mass is 9.80. The summed E-state index contributed by atoms with van der Waals surface area (Å²) in [4.78, 5) is 2.60. The van der Waals surface area contributed by atoms with Crippen molar-refractivity contribution < 1.29 is 0 Å². The van der Waals surface area contributed by atoms with Crippen LogP contribution in [-0.4, -0.2) is 0 Å². The molecule has 2 atom stereocenters. The maximum atomic E-state index is 2.60. The number of anilines is 3. The van der Waals surface area contributed by atoms with E-state index in [4.69, 9.17) is 0 Å². The molecule has 0 radical (unpaired) electrons. The van der Waals surface area contributed by atoms with E-state index >= 15 is 0 Å². The van der Waals surface area contributed by atoms with Crippen molar-refractivity contribution in [2.75, 3.05) is 4.90 Å². The number of benzene rings is 10. The van der Waals surface area contributed by atoms with E-state index in [-0.39, 0.29) is 16.7 Å². The molecule has 0 saturated heterocycles. The number of hydrogen-bond acceptors (Lipinski definition) is 1. The minimum absolute atomic E-state index is 0.0506. The fourth-order valence-electron chi connectivity index (χ4n) is 14.5. The molecule has 0 amide bonds. The van der Waals surface area contributed by atoms with Gasteiger partial charge in [0.25, 0.3) is 0 Å². The molecule has 1 unspecified atom stereocenters. The highest BCUT2D eigenvalue weighted by Crippen LogP contribution is 2.58. The Morgan fingerprint density at radius 1 is 0.384 bits per heavy atom. The quantitative estimate of drug-likeness (QED) is 0.166. The minimum Gasteiger partial charge on any atom is -0.310 e.